The number of methoxy groups -OCH3 is 1. The summed E-state index contributed by atoms with van der Waals surface area (Å²) in [6.45, 7) is 6.98. The molecule has 2 aliphatic rings. The minimum Gasteiger partial charge on any atom is -0.496 e. The van der Waals surface area contributed by atoms with Crippen LogP contribution in [0.15, 0.2) is 24.3 Å². The Bertz CT molecular complexity index is 705. The predicted molar refractivity (Wildman–Crippen MR) is 119 cm³/mol. The number of carbonyl (C=O) groups excluding carboxylic acids is 2. The molecular weight excluding hydrogens is 376 g/mol. The van der Waals surface area contributed by atoms with Crippen LogP contribution in [0.2, 0.25) is 0 Å². The fraction of sp³-hybridized carbons (Fsp3) is 0.680. The van der Waals surface area contributed by atoms with E-state index in [4.69, 9.17) is 4.74 Å². The van der Waals surface area contributed by atoms with Crippen LogP contribution >= 0.6 is 0 Å². The van der Waals surface area contributed by atoms with Crippen molar-refractivity contribution < 1.29 is 14.3 Å². The second-order valence-corrected chi connectivity index (χ2v) is 9.40. The number of para-hydroxylation sites is 1. The zero-order chi connectivity index (χ0) is 21.6. The molecule has 30 heavy (non-hydrogen) atoms. The molecule has 2 fully saturated rings. The van der Waals surface area contributed by atoms with E-state index in [2.05, 4.69) is 30.9 Å². The van der Waals surface area contributed by atoms with Crippen molar-refractivity contribution in [2.45, 2.75) is 77.7 Å². The summed E-state index contributed by atoms with van der Waals surface area (Å²) in [6, 6.07) is 8.65. The Morgan fingerprint density at radius 3 is 2.33 bits per heavy atom. The number of unbranched alkanes of at least 4 members (excludes halogenated alkanes) is 1. The van der Waals surface area contributed by atoms with Gasteiger partial charge in [-0.3, -0.25) is 14.5 Å². The van der Waals surface area contributed by atoms with E-state index in [-0.39, 0.29) is 17.2 Å². The lowest BCUT2D eigenvalue weighted by Crippen LogP contribution is -2.47. The molecule has 1 saturated carbocycles. The molecule has 166 valence electrons. The van der Waals surface area contributed by atoms with Gasteiger partial charge in [-0.25, -0.2) is 0 Å². The summed E-state index contributed by atoms with van der Waals surface area (Å²) in [5.74, 6) is 1.07. The average Bonchev–Trinajstić information content (AvgIpc) is 3.16. The SMILES string of the molecule is COc1ccccc1CCN(CCCCN1C(=O)CC2(CCCC2)CC1=O)C(C)C. The van der Waals surface area contributed by atoms with Gasteiger partial charge < -0.3 is 9.64 Å². The van der Waals surface area contributed by atoms with Crippen molar-refractivity contribution in [3.05, 3.63) is 29.8 Å². The molecule has 1 saturated heterocycles. The third-order valence-corrected chi connectivity index (χ3v) is 6.99. The molecular formula is C25H38N2O3. The molecule has 1 heterocycles. The molecule has 2 amide bonds. The zero-order valence-corrected chi connectivity index (χ0v) is 19.0. The van der Waals surface area contributed by atoms with Gasteiger partial charge in [-0.2, -0.15) is 0 Å². The number of nitrogens with zero attached hydrogens (tertiary/aromatic N) is 2. The molecule has 0 atom stereocenters. The summed E-state index contributed by atoms with van der Waals surface area (Å²) < 4.78 is 5.47. The van der Waals surface area contributed by atoms with Crippen molar-refractivity contribution in [3.63, 3.8) is 0 Å². The third-order valence-electron chi connectivity index (χ3n) is 6.99. The fourth-order valence-electron chi connectivity index (χ4n) is 5.15. The first-order valence-electron chi connectivity index (χ1n) is 11.6. The Morgan fingerprint density at radius 1 is 1.03 bits per heavy atom. The Morgan fingerprint density at radius 2 is 1.70 bits per heavy atom. The van der Waals surface area contributed by atoms with Crippen LogP contribution in [0, 0.1) is 5.41 Å². The van der Waals surface area contributed by atoms with Gasteiger partial charge in [0.25, 0.3) is 0 Å². The van der Waals surface area contributed by atoms with Crippen LogP contribution in [-0.4, -0.2) is 54.4 Å². The molecule has 0 radical (unpaired) electrons. The minimum absolute atomic E-state index is 0.00238. The van der Waals surface area contributed by atoms with Gasteiger partial charge in [0.1, 0.15) is 5.75 Å². The second kappa shape index (κ2) is 10.4. The number of benzene rings is 1. The smallest absolute Gasteiger partial charge is 0.229 e. The van der Waals surface area contributed by atoms with Crippen molar-refractivity contribution in [1.82, 2.24) is 9.80 Å². The Hall–Kier alpha value is -1.88. The quantitative estimate of drug-likeness (QED) is 0.420. The predicted octanol–water partition coefficient (Wildman–Crippen LogP) is 4.44. The second-order valence-electron chi connectivity index (χ2n) is 9.40. The summed E-state index contributed by atoms with van der Waals surface area (Å²) in [7, 11) is 1.72. The summed E-state index contributed by atoms with van der Waals surface area (Å²) in [5, 5.41) is 0. The van der Waals surface area contributed by atoms with Gasteiger partial charge in [-0.1, -0.05) is 31.0 Å². The van der Waals surface area contributed by atoms with Gasteiger partial charge >= 0.3 is 0 Å². The highest BCUT2D eigenvalue weighted by Crippen LogP contribution is 2.46. The van der Waals surface area contributed by atoms with Gasteiger partial charge in [0.05, 0.1) is 7.11 Å². The summed E-state index contributed by atoms with van der Waals surface area (Å²) >= 11 is 0. The van der Waals surface area contributed by atoms with E-state index in [1.807, 2.05) is 12.1 Å². The van der Waals surface area contributed by atoms with E-state index in [0.717, 1.165) is 50.9 Å². The van der Waals surface area contributed by atoms with E-state index in [1.54, 1.807) is 7.11 Å². The molecule has 1 aromatic rings. The average molecular weight is 415 g/mol. The van der Waals surface area contributed by atoms with Crippen LogP contribution in [0.5, 0.6) is 5.75 Å². The van der Waals surface area contributed by atoms with E-state index in [0.29, 0.717) is 25.4 Å². The van der Waals surface area contributed by atoms with Crippen molar-refractivity contribution >= 4 is 11.8 Å². The van der Waals surface area contributed by atoms with Crippen LogP contribution in [-0.2, 0) is 16.0 Å². The van der Waals surface area contributed by atoms with Crippen molar-refractivity contribution in [2.24, 2.45) is 5.41 Å². The summed E-state index contributed by atoms with van der Waals surface area (Å²) in [4.78, 5) is 29.2. The lowest BCUT2D eigenvalue weighted by Gasteiger charge is -2.37. The first-order chi connectivity index (χ1) is 14.4. The number of piperidine rings is 1. The number of carbonyl (C=O) groups is 2. The zero-order valence-electron chi connectivity index (χ0n) is 19.0. The van der Waals surface area contributed by atoms with E-state index < -0.39 is 0 Å². The van der Waals surface area contributed by atoms with Gasteiger partial charge in [0.15, 0.2) is 0 Å². The van der Waals surface area contributed by atoms with Crippen molar-refractivity contribution in [3.8, 4) is 5.75 Å². The van der Waals surface area contributed by atoms with Crippen LogP contribution in [0.4, 0.5) is 0 Å². The molecule has 3 rings (SSSR count). The maximum Gasteiger partial charge on any atom is 0.229 e. The highest BCUT2D eigenvalue weighted by molar-refractivity contribution is 5.98. The van der Waals surface area contributed by atoms with E-state index >= 15 is 0 Å². The maximum absolute atomic E-state index is 12.6. The Kier molecular flexibility index (Phi) is 7.93. The maximum atomic E-state index is 12.6. The Labute approximate surface area is 181 Å². The molecule has 0 N–H and O–H groups in total. The number of likely N-dealkylation sites (tertiary alicyclic amines) is 1. The molecule has 5 nitrogen and oxygen atoms in total. The molecule has 1 aliphatic heterocycles. The fourth-order valence-corrected chi connectivity index (χ4v) is 5.15. The van der Waals surface area contributed by atoms with Crippen LogP contribution in [0.3, 0.4) is 0 Å². The van der Waals surface area contributed by atoms with Crippen molar-refractivity contribution in [2.75, 3.05) is 26.7 Å². The number of ether oxygens (including phenoxy) is 1. The molecule has 0 aromatic heterocycles. The van der Waals surface area contributed by atoms with Crippen LogP contribution < -0.4 is 4.74 Å². The summed E-state index contributed by atoms with van der Waals surface area (Å²) in [6.07, 6.45) is 8.41. The van der Waals surface area contributed by atoms with E-state index in [1.165, 1.54) is 23.3 Å². The highest BCUT2D eigenvalue weighted by Gasteiger charge is 2.44. The standard InChI is InChI=1S/C25H38N2O3/c1-20(2)26(17-12-21-10-4-5-11-22(21)30-3)15-8-9-16-27-23(28)18-25(19-24(27)29)13-6-7-14-25/h4-5,10-11,20H,6-9,12-19H2,1-3H3. The largest absolute Gasteiger partial charge is 0.496 e. The van der Waals surface area contributed by atoms with Crippen LogP contribution in [0.25, 0.3) is 0 Å². The summed E-state index contributed by atoms with van der Waals surface area (Å²) in [5.41, 5.74) is 1.23. The minimum atomic E-state index is -0.00238. The molecule has 1 spiro atoms. The van der Waals surface area contributed by atoms with Gasteiger partial charge in [-0.05, 0) is 69.5 Å². The molecule has 0 bridgehead atoms. The number of imide groups is 1. The van der Waals surface area contributed by atoms with Gasteiger partial charge in [-0.15, -0.1) is 0 Å². The van der Waals surface area contributed by atoms with Crippen LogP contribution in [0.1, 0.15) is 70.8 Å². The van der Waals surface area contributed by atoms with E-state index in [9.17, 15) is 9.59 Å². The monoisotopic (exact) mass is 414 g/mol. The normalized spacial score (nSPS) is 18.8. The number of hydrogen-bond acceptors (Lipinski definition) is 4. The third kappa shape index (κ3) is 5.63. The lowest BCUT2D eigenvalue weighted by atomic mass is 9.76. The molecule has 1 aliphatic carbocycles. The van der Waals surface area contributed by atoms with Gasteiger partial charge in [0.2, 0.25) is 11.8 Å². The first kappa shape index (κ1) is 22.8. The van der Waals surface area contributed by atoms with Gasteiger partial charge in [0, 0.05) is 32.0 Å². The first-order valence-corrected chi connectivity index (χ1v) is 11.6. The Balaban J connectivity index is 1.43. The number of amides is 2. The topological polar surface area (TPSA) is 49.9 Å². The number of rotatable bonds is 10. The molecule has 0 unspecified atom stereocenters. The molecule has 1 aromatic carbocycles. The lowest BCUT2D eigenvalue weighted by molar-refractivity contribution is -0.153. The number of hydrogen-bond donors (Lipinski definition) is 0. The van der Waals surface area contributed by atoms with Crippen molar-refractivity contribution in [1.29, 1.82) is 0 Å². The highest BCUT2D eigenvalue weighted by atomic mass is 16.5. The molecule has 5 heteroatoms.